The molecule has 0 aliphatic carbocycles. The quantitative estimate of drug-likeness (QED) is 0.129. The lowest BCUT2D eigenvalue weighted by Gasteiger charge is -2.12. The lowest BCUT2D eigenvalue weighted by molar-refractivity contribution is 1.31. The van der Waals surface area contributed by atoms with Gasteiger partial charge in [0.2, 0.25) is 0 Å². The van der Waals surface area contributed by atoms with Crippen LogP contribution >= 0.6 is 0 Å². The smallest absolute Gasteiger partial charge is 0.0973 e. The fraction of sp³-hybridized carbons (Fsp3) is 0. The monoisotopic (exact) mass is 1450 g/mol. The molecule has 114 heavy (non-hydrogen) atoms. The van der Waals surface area contributed by atoms with Crippen LogP contribution in [0.15, 0.2) is 376 Å². The minimum Gasteiger partial charge on any atom is -0.248 e. The molecule has 0 aliphatic heterocycles. The van der Waals surface area contributed by atoms with E-state index >= 15 is 0 Å². The van der Waals surface area contributed by atoms with Crippen molar-refractivity contribution in [1.82, 2.24) is 49.8 Å². The molecule has 10 heterocycles. The Morgan fingerprint density at radius 3 is 0.711 bits per heavy atom. The second-order valence-corrected chi connectivity index (χ2v) is 29.0. The molecule has 10 heteroatoms. The van der Waals surface area contributed by atoms with E-state index in [0.29, 0.717) is 0 Å². The van der Waals surface area contributed by atoms with Gasteiger partial charge >= 0.3 is 0 Å². The van der Waals surface area contributed by atoms with Crippen molar-refractivity contribution in [3.05, 3.63) is 376 Å². The summed E-state index contributed by atoms with van der Waals surface area (Å²) in [4.78, 5) is 51.5. The summed E-state index contributed by atoms with van der Waals surface area (Å²) < 4.78 is 0. The zero-order valence-electron chi connectivity index (χ0n) is 61.3. The Hall–Kier alpha value is -15.5. The van der Waals surface area contributed by atoms with E-state index in [4.69, 9.17) is 49.8 Å². The van der Waals surface area contributed by atoms with Gasteiger partial charge < -0.3 is 0 Å². The largest absolute Gasteiger partial charge is 0.248 e. The normalized spacial score (nSPS) is 11.7. The van der Waals surface area contributed by atoms with Crippen molar-refractivity contribution in [3.63, 3.8) is 0 Å². The summed E-state index contributed by atoms with van der Waals surface area (Å²) in [5.74, 6) is 0. The highest BCUT2D eigenvalue weighted by atomic mass is 14.8. The molecular formula is C104H62N10. The molecule has 0 aliphatic rings. The van der Waals surface area contributed by atoms with Crippen molar-refractivity contribution in [2.75, 3.05) is 0 Å². The Balaban J connectivity index is 0.000000140. The van der Waals surface area contributed by atoms with E-state index in [2.05, 4.69) is 309 Å². The zero-order valence-corrected chi connectivity index (χ0v) is 61.3. The van der Waals surface area contributed by atoms with Crippen LogP contribution in [0.4, 0.5) is 0 Å². The molecule has 0 fully saturated rings. The van der Waals surface area contributed by atoms with Gasteiger partial charge in [-0.05, 0) is 124 Å². The van der Waals surface area contributed by atoms with Gasteiger partial charge in [-0.25, -0.2) is 49.8 Å². The van der Waals surface area contributed by atoms with Crippen molar-refractivity contribution >= 4 is 131 Å². The number of fused-ring (bicyclic) bond motifs is 16. The van der Waals surface area contributed by atoms with E-state index in [1.165, 1.54) is 27.1 Å². The van der Waals surface area contributed by atoms with Gasteiger partial charge in [0.05, 0.1) is 112 Å². The Morgan fingerprint density at radius 1 is 0.123 bits per heavy atom. The summed E-state index contributed by atoms with van der Waals surface area (Å²) in [6, 6.07) is 131. The Labute approximate surface area is 653 Å². The molecule has 13 aromatic carbocycles. The topological polar surface area (TPSA) is 129 Å². The highest BCUT2D eigenvalue weighted by Gasteiger charge is 2.18. The first-order chi connectivity index (χ1) is 56.4. The first-order valence-electron chi connectivity index (χ1n) is 38.2. The third kappa shape index (κ3) is 11.9. The predicted octanol–water partition coefficient (Wildman–Crippen LogP) is 26.2. The van der Waals surface area contributed by atoms with Crippen LogP contribution in [0.2, 0.25) is 0 Å². The van der Waals surface area contributed by atoms with Crippen LogP contribution in [0, 0.1) is 0 Å². The maximum atomic E-state index is 5.21. The number of pyridine rings is 10. The number of hydrogen-bond acceptors (Lipinski definition) is 10. The molecule has 0 radical (unpaired) electrons. The second-order valence-electron chi connectivity index (χ2n) is 29.0. The van der Waals surface area contributed by atoms with Crippen LogP contribution in [-0.4, -0.2) is 49.8 Å². The van der Waals surface area contributed by atoms with Gasteiger partial charge in [0.15, 0.2) is 0 Å². The van der Waals surface area contributed by atoms with Crippen molar-refractivity contribution in [2.45, 2.75) is 0 Å². The highest BCUT2D eigenvalue weighted by molar-refractivity contribution is 6.15. The summed E-state index contributed by atoms with van der Waals surface area (Å²) in [7, 11) is 0. The van der Waals surface area contributed by atoms with Crippen LogP contribution in [0.3, 0.4) is 0 Å². The summed E-state index contributed by atoms with van der Waals surface area (Å²) in [5, 5.41) is 15.6. The summed E-state index contributed by atoms with van der Waals surface area (Å²) in [6.45, 7) is 0. The minimum atomic E-state index is 0.799. The van der Waals surface area contributed by atoms with Gasteiger partial charge in [-0.1, -0.05) is 285 Å². The molecule has 23 aromatic rings. The lowest BCUT2D eigenvalue weighted by Crippen LogP contribution is -1.93. The molecule has 10 nitrogen and oxygen atoms in total. The third-order valence-corrected chi connectivity index (χ3v) is 22.0. The Bertz CT molecular complexity index is 7630. The Morgan fingerprint density at radius 2 is 0.351 bits per heavy atom. The van der Waals surface area contributed by atoms with Crippen molar-refractivity contribution in [2.24, 2.45) is 0 Å². The van der Waals surface area contributed by atoms with Crippen molar-refractivity contribution in [1.29, 1.82) is 0 Å². The average molecular weight is 1450 g/mol. The van der Waals surface area contributed by atoms with Crippen molar-refractivity contribution in [3.8, 4) is 101 Å². The molecule has 0 spiro atoms. The maximum Gasteiger partial charge on any atom is 0.0973 e. The van der Waals surface area contributed by atoms with Crippen LogP contribution in [0.25, 0.3) is 232 Å². The molecule has 0 saturated heterocycles. The lowest BCUT2D eigenvalue weighted by atomic mass is 9.93. The molecule has 0 atom stereocenters. The molecule has 0 saturated carbocycles. The van der Waals surface area contributed by atoms with E-state index in [9.17, 15) is 0 Å². The van der Waals surface area contributed by atoms with E-state index in [0.717, 1.165) is 205 Å². The van der Waals surface area contributed by atoms with E-state index in [1.807, 2.05) is 66.7 Å². The third-order valence-electron chi connectivity index (χ3n) is 22.0. The molecular weight excluding hydrogens is 1390 g/mol. The number of aromatic nitrogens is 10. The van der Waals surface area contributed by atoms with E-state index < -0.39 is 0 Å². The number of rotatable bonds is 9. The van der Waals surface area contributed by atoms with Crippen LogP contribution in [-0.2, 0) is 0 Å². The molecule has 0 unspecified atom stereocenters. The van der Waals surface area contributed by atoms with Gasteiger partial charge in [0, 0.05) is 87.2 Å². The SMILES string of the molecule is c1ccc(-c2ccc3ccc4ccc(-c5ccc6ccc(-c7ccc8ccc(-c9cc%10ccccc%10c%10ccccc9%10)cc8n7)cc6n5)nc4c3n2)cc1.c1ccc(-c2ccc3ccc4ccc(-c5ccc6ccc(-c7ccc8ccc(-c9ccc%10ccc%11ccc(-c%12ccccc%12)nc%11c%10n9)nc8c7)nc6c5)nc4c3n2)cc1. The summed E-state index contributed by atoms with van der Waals surface area (Å²) in [6.07, 6.45) is 0. The zero-order chi connectivity index (χ0) is 75.2. The van der Waals surface area contributed by atoms with Crippen molar-refractivity contribution < 1.29 is 0 Å². The minimum absolute atomic E-state index is 0.799. The fourth-order valence-corrected chi connectivity index (χ4v) is 16.1. The molecule has 0 amide bonds. The predicted molar refractivity (Wildman–Crippen MR) is 470 cm³/mol. The molecule has 528 valence electrons. The van der Waals surface area contributed by atoms with Gasteiger partial charge in [-0.15, -0.1) is 0 Å². The van der Waals surface area contributed by atoms with Crippen LogP contribution in [0.1, 0.15) is 0 Å². The van der Waals surface area contributed by atoms with Gasteiger partial charge in [-0.2, -0.15) is 0 Å². The maximum absolute atomic E-state index is 5.21. The molecule has 23 rings (SSSR count). The standard InChI is InChI=1S/C54H32N6.C50H30N4/c1-3-7-33(8-4-1)43-26-21-37-13-14-39-23-28-46(59-52(39)51(37)57-43)42-18-12-35-19-25-45(55-49(35)32-42)41-17-11-36-20-29-47(56-50(36)31-41)48-30-24-40-16-15-38-22-27-44(34-9-5-2-6-10-34)58-53(38)54(40)60-48;1-2-8-31(9-3-1)43-25-22-34-16-17-35-23-27-46(54-50(35)49(34)53-43)45-26-21-33-15-19-38(30-48(33)52-45)44-24-20-32-14-18-37(29-47(32)51-44)42-28-36-10-4-5-11-39(36)40-12-6-7-13-41(40)42/h1-32H;1-30H. The Kier molecular flexibility index (Phi) is 15.7. The van der Waals surface area contributed by atoms with Gasteiger partial charge in [0.1, 0.15) is 0 Å². The highest BCUT2D eigenvalue weighted by Crippen LogP contribution is 2.40. The number of nitrogens with zero attached hydrogens (tertiary/aromatic N) is 10. The molecule has 10 aromatic heterocycles. The van der Waals surface area contributed by atoms with Gasteiger partial charge in [-0.3, -0.25) is 0 Å². The van der Waals surface area contributed by atoms with Gasteiger partial charge in [0.25, 0.3) is 0 Å². The summed E-state index contributed by atoms with van der Waals surface area (Å²) in [5.41, 5.74) is 26.2. The molecule has 0 N–H and O–H groups in total. The van der Waals surface area contributed by atoms with E-state index in [1.54, 1.807) is 0 Å². The average Bonchev–Trinajstić information content (AvgIpc) is 0.740. The number of hydrogen-bond donors (Lipinski definition) is 0. The number of benzene rings is 13. The fourth-order valence-electron chi connectivity index (χ4n) is 16.1. The first kappa shape index (κ1) is 65.6. The molecule has 0 bridgehead atoms. The first-order valence-corrected chi connectivity index (χ1v) is 38.2. The second kappa shape index (κ2) is 27.2. The van der Waals surface area contributed by atoms with E-state index in [-0.39, 0.29) is 0 Å². The van der Waals surface area contributed by atoms with Crippen LogP contribution in [0.5, 0.6) is 0 Å². The van der Waals surface area contributed by atoms with Crippen LogP contribution < -0.4 is 0 Å². The summed E-state index contributed by atoms with van der Waals surface area (Å²) >= 11 is 0.